The van der Waals surface area contributed by atoms with Crippen molar-refractivity contribution in [1.29, 1.82) is 0 Å². The number of nitrogens with zero attached hydrogens (tertiary/aromatic N) is 2. The summed E-state index contributed by atoms with van der Waals surface area (Å²) in [5.74, 6) is -0.118. The largest absolute Gasteiger partial charge is 0.338 e. The average molecular weight is 314 g/mol. The Hall–Kier alpha value is -1.91. The summed E-state index contributed by atoms with van der Waals surface area (Å²) in [4.78, 5) is 40.8. The first-order valence-electron chi connectivity index (χ1n) is 8.62. The van der Waals surface area contributed by atoms with Crippen molar-refractivity contribution in [3.05, 3.63) is 24.3 Å². The first-order chi connectivity index (χ1) is 11.2. The lowest BCUT2D eigenvalue weighted by Gasteiger charge is -2.44. The van der Waals surface area contributed by atoms with Gasteiger partial charge in [0.25, 0.3) is 0 Å². The van der Waals surface area contributed by atoms with Crippen LogP contribution in [0.3, 0.4) is 0 Å². The molecule has 3 atom stereocenters. The molecule has 5 heteroatoms. The number of rotatable bonds is 2. The van der Waals surface area contributed by atoms with Crippen LogP contribution in [0.4, 0.5) is 0 Å². The third-order valence-corrected chi connectivity index (χ3v) is 5.70. The minimum atomic E-state index is -0.166. The number of imide groups is 1. The fraction of sp³-hybridized carbons (Fsp3) is 0.611. The van der Waals surface area contributed by atoms with E-state index in [1.54, 1.807) is 0 Å². The molecule has 0 bridgehead atoms. The quantitative estimate of drug-likeness (QED) is 0.573. The highest BCUT2D eigenvalue weighted by Gasteiger charge is 2.52. The predicted molar refractivity (Wildman–Crippen MR) is 84.1 cm³/mol. The van der Waals surface area contributed by atoms with Crippen LogP contribution < -0.4 is 0 Å². The van der Waals surface area contributed by atoms with Gasteiger partial charge in [0.05, 0.1) is 17.9 Å². The van der Waals surface area contributed by atoms with E-state index in [1.807, 2.05) is 17.1 Å². The van der Waals surface area contributed by atoms with E-state index in [0.29, 0.717) is 25.9 Å². The van der Waals surface area contributed by atoms with Crippen molar-refractivity contribution < 1.29 is 14.4 Å². The Labute approximate surface area is 136 Å². The number of allylic oxidation sites excluding steroid dienone is 4. The number of fused-ring (bicyclic) bond motifs is 1. The van der Waals surface area contributed by atoms with Crippen molar-refractivity contribution in [1.82, 2.24) is 9.80 Å². The molecule has 3 unspecified atom stereocenters. The molecule has 2 heterocycles. The van der Waals surface area contributed by atoms with E-state index in [9.17, 15) is 14.4 Å². The maximum Gasteiger partial charge on any atom is 0.233 e. The van der Waals surface area contributed by atoms with Gasteiger partial charge in [0.15, 0.2) is 0 Å². The summed E-state index contributed by atoms with van der Waals surface area (Å²) < 4.78 is 0. The second kappa shape index (κ2) is 5.62. The summed E-state index contributed by atoms with van der Waals surface area (Å²) in [6.07, 6.45) is 12.3. The molecule has 5 nitrogen and oxygen atoms in total. The Morgan fingerprint density at radius 1 is 0.913 bits per heavy atom. The molecule has 0 radical (unpaired) electrons. The minimum absolute atomic E-state index is 0.0259. The van der Waals surface area contributed by atoms with Crippen LogP contribution in [0.5, 0.6) is 0 Å². The van der Waals surface area contributed by atoms with Gasteiger partial charge in [-0.15, -0.1) is 0 Å². The molecule has 2 aliphatic heterocycles. The van der Waals surface area contributed by atoms with Gasteiger partial charge in [0.2, 0.25) is 17.7 Å². The predicted octanol–water partition coefficient (Wildman–Crippen LogP) is 1.50. The normalized spacial score (nSPS) is 33.8. The Balaban J connectivity index is 1.38. The van der Waals surface area contributed by atoms with Gasteiger partial charge in [-0.25, -0.2) is 0 Å². The lowest BCUT2D eigenvalue weighted by atomic mass is 9.85. The maximum atomic E-state index is 12.5. The summed E-state index contributed by atoms with van der Waals surface area (Å²) in [6, 6.07) is -0.108. The van der Waals surface area contributed by atoms with Gasteiger partial charge in [0, 0.05) is 19.0 Å². The highest BCUT2D eigenvalue weighted by Crippen LogP contribution is 2.37. The molecule has 2 saturated heterocycles. The van der Waals surface area contributed by atoms with E-state index in [4.69, 9.17) is 0 Å². The van der Waals surface area contributed by atoms with Gasteiger partial charge in [-0.2, -0.15) is 0 Å². The van der Waals surface area contributed by atoms with Crippen LogP contribution in [0.25, 0.3) is 0 Å². The Kier molecular flexibility index (Phi) is 3.58. The SMILES string of the molecule is O=C(C1CC=CCC1)N1CC(N2C(=O)C3CC=CCC3C2=O)C1. The second-order valence-corrected chi connectivity index (χ2v) is 7.08. The van der Waals surface area contributed by atoms with E-state index in [1.165, 1.54) is 4.90 Å². The lowest BCUT2D eigenvalue weighted by Crippen LogP contribution is -2.63. The van der Waals surface area contributed by atoms with Gasteiger partial charge >= 0.3 is 0 Å². The van der Waals surface area contributed by atoms with E-state index < -0.39 is 0 Å². The van der Waals surface area contributed by atoms with Gasteiger partial charge in [-0.3, -0.25) is 19.3 Å². The van der Waals surface area contributed by atoms with Crippen LogP contribution in [0.15, 0.2) is 24.3 Å². The molecular weight excluding hydrogens is 292 g/mol. The zero-order chi connectivity index (χ0) is 16.0. The molecule has 2 aliphatic carbocycles. The van der Waals surface area contributed by atoms with Crippen LogP contribution in [0.1, 0.15) is 32.1 Å². The molecule has 2 fully saturated rings. The highest BCUT2D eigenvalue weighted by molar-refractivity contribution is 6.06. The van der Waals surface area contributed by atoms with Crippen molar-refractivity contribution >= 4 is 17.7 Å². The number of carbonyl (C=O) groups is 3. The van der Waals surface area contributed by atoms with Crippen molar-refractivity contribution in [3.8, 4) is 0 Å². The van der Waals surface area contributed by atoms with Gasteiger partial charge in [0.1, 0.15) is 0 Å². The maximum absolute atomic E-state index is 12.5. The molecule has 0 spiro atoms. The van der Waals surface area contributed by atoms with E-state index in [-0.39, 0.29) is 41.5 Å². The first kappa shape index (κ1) is 14.7. The zero-order valence-corrected chi connectivity index (χ0v) is 13.2. The fourth-order valence-electron chi connectivity index (χ4n) is 4.26. The molecule has 0 saturated carbocycles. The Morgan fingerprint density at radius 3 is 2.09 bits per heavy atom. The second-order valence-electron chi connectivity index (χ2n) is 7.08. The lowest BCUT2D eigenvalue weighted by molar-refractivity contribution is -0.154. The zero-order valence-electron chi connectivity index (χ0n) is 13.2. The van der Waals surface area contributed by atoms with Crippen molar-refractivity contribution in [2.75, 3.05) is 13.1 Å². The molecule has 0 aromatic carbocycles. The first-order valence-corrected chi connectivity index (χ1v) is 8.62. The smallest absolute Gasteiger partial charge is 0.233 e. The minimum Gasteiger partial charge on any atom is -0.338 e. The fourth-order valence-corrected chi connectivity index (χ4v) is 4.26. The summed E-state index contributed by atoms with van der Waals surface area (Å²) >= 11 is 0. The summed E-state index contributed by atoms with van der Waals surface area (Å²) in [5.41, 5.74) is 0. The van der Waals surface area contributed by atoms with Crippen LogP contribution in [-0.2, 0) is 14.4 Å². The third kappa shape index (κ3) is 2.33. The summed E-state index contributed by atoms with van der Waals surface area (Å²) in [7, 11) is 0. The third-order valence-electron chi connectivity index (χ3n) is 5.70. The molecule has 4 rings (SSSR count). The number of carbonyl (C=O) groups excluding carboxylic acids is 3. The Morgan fingerprint density at radius 2 is 1.52 bits per heavy atom. The number of hydrogen-bond donors (Lipinski definition) is 0. The topological polar surface area (TPSA) is 57.7 Å². The highest BCUT2D eigenvalue weighted by atomic mass is 16.2. The van der Waals surface area contributed by atoms with Crippen LogP contribution in [0.2, 0.25) is 0 Å². The van der Waals surface area contributed by atoms with E-state index in [0.717, 1.165) is 19.3 Å². The molecule has 3 amide bonds. The monoisotopic (exact) mass is 314 g/mol. The Bertz CT molecular complexity index is 577. The van der Waals surface area contributed by atoms with Crippen LogP contribution in [-0.4, -0.2) is 46.7 Å². The van der Waals surface area contributed by atoms with Gasteiger partial charge < -0.3 is 4.90 Å². The van der Waals surface area contributed by atoms with Crippen LogP contribution >= 0.6 is 0 Å². The standard InChI is InChI=1S/C18H22N2O3/c21-16(12-6-2-1-3-7-12)19-10-13(11-19)20-17(22)14-8-4-5-9-15(14)18(20)23/h1-2,4-5,12-15H,3,6-11H2. The molecular formula is C18H22N2O3. The van der Waals surface area contributed by atoms with E-state index in [2.05, 4.69) is 12.2 Å². The molecule has 0 aromatic heterocycles. The number of hydrogen-bond acceptors (Lipinski definition) is 3. The van der Waals surface area contributed by atoms with Crippen molar-refractivity contribution in [2.24, 2.45) is 17.8 Å². The van der Waals surface area contributed by atoms with Crippen molar-refractivity contribution in [2.45, 2.75) is 38.1 Å². The molecule has 122 valence electrons. The van der Waals surface area contributed by atoms with Crippen LogP contribution in [0, 0.1) is 17.8 Å². The molecule has 0 aromatic rings. The summed E-state index contributed by atoms with van der Waals surface area (Å²) in [5, 5.41) is 0. The average Bonchev–Trinajstić information content (AvgIpc) is 2.80. The molecule has 4 aliphatic rings. The summed E-state index contributed by atoms with van der Waals surface area (Å²) in [6.45, 7) is 1.03. The van der Waals surface area contributed by atoms with Gasteiger partial charge in [-0.05, 0) is 32.1 Å². The number of likely N-dealkylation sites (tertiary alicyclic amines) is 2. The van der Waals surface area contributed by atoms with Crippen molar-refractivity contribution in [3.63, 3.8) is 0 Å². The van der Waals surface area contributed by atoms with E-state index >= 15 is 0 Å². The molecule has 0 N–H and O–H groups in total. The van der Waals surface area contributed by atoms with Gasteiger partial charge in [-0.1, -0.05) is 24.3 Å². The number of amides is 3. The molecule has 23 heavy (non-hydrogen) atoms.